The molecule has 1 fully saturated rings. The number of H-pyrrole nitrogens is 1. The van der Waals surface area contributed by atoms with Crippen LogP contribution in [0.25, 0.3) is 11.0 Å². The maximum absolute atomic E-state index is 13.4. The van der Waals surface area contributed by atoms with Crippen molar-refractivity contribution >= 4 is 22.4 Å². The second kappa shape index (κ2) is 6.26. The second-order valence-corrected chi connectivity index (χ2v) is 7.66. The van der Waals surface area contributed by atoms with Crippen molar-refractivity contribution in [3.8, 4) is 0 Å². The number of hydrogen-bond acceptors (Lipinski definition) is 4. The molecule has 1 atom stereocenters. The van der Waals surface area contributed by atoms with Crippen molar-refractivity contribution < 1.29 is 4.39 Å². The molecule has 4 rings (SSSR count). The number of nitrogens with one attached hydrogen (secondary N) is 1. The summed E-state index contributed by atoms with van der Waals surface area (Å²) >= 11 is 1.80. The van der Waals surface area contributed by atoms with Crippen LogP contribution in [-0.4, -0.2) is 26.4 Å². The maximum Gasteiger partial charge on any atom is 0.125 e. The number of thiazole rings is 1. The van der Waals surface area contributed by atoms with Crippen LogP contribution in [0.3, 0.4) is 0 Å². The van der Waals surface area contributed by atoms with E-state index in [1.54, 1.807) is 17.4 Å². The van der Waals surface area contributed by atoms with E-state index in [9.17, 15) is 4.39 Å². The summed E-state index contributed by atoms with van der Waals surface area (Å²) in [5, 5.41) is 1.14. The average molecular weight is 344 g/mol. The van der Waals surface area contributed by atoms with Crippen molar-refractivity contribution in [2.75, 3.05) is 6.54 Å². The van der Waals surface area contributed by atoms with Gasteiger partial charge >= 0.3 is 0 Å². The molecule has 0 aliphatic carbocycles. The first-order valence-corrected chi connectivity index (χ1v) is 9.30. The molecule has 0 unspecified atom stereocenters. The van der Waals surface area contributed by atoms with Gasteiger partial charge in [0.25, 0.3) is 0 Å². The van der Waals surface area contributed by atoms with Crippen LogP contribution in [0.1, 0.15) is 47.2 Å². The summed E-state index contributed by atoms with van der Waals surface area (Å²) in [6, 6.07) is 5.00. The quantitative estimate of drug-likeness (QED) is 0.764. The van der Waals surface area contributed by atoms with Gasteiger partial charge in [0, 0.05) is 11.4 Å². The number of aromatic amines is 1. The number of hydrogen-bond donors (Lipinski definition) is 1. The van der Waals surface area contributed by atoms with Gasteiger partial charge in [-0.1, -0.05) is 6.92 Å². The number of rotatable bonds is 4. The number of halogens is 1. The van der Waals surface area contributed by atoms with Crippen LogP contribution in [0, 0.1) is 12.7 Å². The van der Waals surface area contributed by atoms with E-state index in [0.717, 1.165) is 54.2 Å². The summed E-state index contributed by atoms with van der Waals surface area (Å²) in [6.45, 7) is 6.22. The van der Waals surface area contributed by atoms with E-state index in [0.29, 0.717) is 0 Å². The molecule has 1 aromatic carbocycles. The molecule has 0 radical (unpaired) electrons. The number of likely N-dealkylation sites (tertiary alicyclic amines) is 1. The summed E-state index contributed by atoms with van der Waals surface area (Å²) in [5.74, 6) is 0.723. The predicted octanol–water partition coefficient (Wildman–Crippen LogP) is 4.37. The lowest BCUT2D eigenvalue weighted by atomic mass is 10.2. The fourth-order valence-corrected chi connectivity index (χ4v) is 4.63. The van der Waals surface area contributed by atoms with Crippen molar-refractivity contribution in [2.45, 2.75) is 45.7 Å². The Labute approximate surface area is 144 Å². The first-order chi connectivity index (χ1) is 11.6. The van der Waals surface area contributed by atoms with Gasteiger partial charge in [0.1, 0.15) is 11.6 Å². The summed E-state index contributed by atoms with van der Waals surface area (Å²) in [5.41, 5.74) is 2.83. The molecular formula is C18H21FN4S. The summed E-state index contributed by atoms with van der Waals surface area (Å²) in [6.07, 6.45) is 3.22. The average Bonchev–Trinajstić information content (AvgIpc) is 3.25. The third kappa shape index (κ3) is 2.84. The molecule has 6 heteroatoms. The zero-order valence-corrected chi connectivity index (χ0v) is 14.8. The predicted molar refractivity (Wildman–Crippen MR) is 94.7 cm³/mol. The van der Waals surface area contributed by atoms with Gasteiger partial charge in [0.05, 0.1) is 27.8 Å². The Hall–Kier alpha value is -1.79. The zero-order valence-electron chi connectivity index (χ0n) is 14.0. The molecule has 0 bridgehead atoms. The SMILES string of the molecule is CCc1nc(C)sc1CN1CCC[C@H]1c1nc2ccc(F)cc2[nH]1. The topological polar surface area (TPSA) is 44.8 Å². The minimum Gasteiger partial charge on any atom is -0.341 e. The van der Waals surface area contributed by atoms with Crippen LogP contribution in [-0.2, 0) is 13.0 Å². The Morgan fingerprint density at radius 3 is 3.08 bits per heavy atom. The molecule has 24 heavy (non-hydrogen) atoms. The van der Waals surface area contributed by atoms with E-state index in [1.165, 1.54) is 22.7 Å². The smallest absolute Gasteiger partial charge is 0.125 e. The van der Waals surface area contributed by atoms with Gasteiger partial charge in [-0.15, -0.1) is 11.3 Å². The number of aryl methyl sites for hydroxylation is 2. The van der Waals surface area contributed by atoms with Gasteiger partial charge in [-0.25, -0.2) is 14.4 Å². The van der Waals surface area contributed by atoms with Gasteiger partial charge in [-0.3, -0.25) is 4.90 Å². The maximum atomic E-state index is 13.4. The molecule has 1 aliphatic heterocycles. The standard InChI is InChI=1S/C18H21FN4S/c1-3-13-17(24-11(2)20-13)10-23-8-4-5-16(23)18-21-14-7-6-12(19)9-15(14)22-18/h6-7,9,16H,3-5,8,10H2,1-2H3,(H,21,22)/t16-/m0/s1. The molecule has 1 N–H and O–H groups in total. The molecular weight excluding hydrogens is 323 g/mol. The Morgan fingerprint density at radius 2 is 2.25 bits per heavy atom. The molecule has 126 valence electrons. The highest BCUT2D eigenvalue weighted by molar-refractivity contribution is 7.11. The first-order valence-electron chi connectivity index (χ1n) is 8.48. The van der Waals surface area contributed by atoms with Crippen LogP contribution in [0.4, 0.5) is 4.39 Å². The lowest BCUT2D eigenvalue weighted by Gasteiger charge is -2.22. The first kappa shape index (κ1) is 15.7. The van der Waals surface area contributed by atoms with E-state index >= 15 is 0 Å². The molecule has 4 nitrogen and oxygen atoms in total. The van der Waals surface area contributed by atoms with Crippen LogP contribution >= 0.6 is 11.3 Å². The summed E-state index contributed by atoms with van der Waals surface area (Å²) in [7, 11) is 0. The molecule has 2 aromatic heterocycles. The third-order valence-electron chi connectivity index (χ3n) is 4.71. The van der Waals surface area contributed by atoms with Gasteiger partial charge in [-0.2, -0.15) is 0 Å². The largest absolute Gasteiger partial charge is 0.341 e. The van der Waals surface area contributed by atoms with Crippen LogP contribution in [0.5, 0.6) is 0 Å². The molecule has 0 amide bonds. The lowest BCUT2D eigenvalue weighted by molar-refractivity contribution is 0.242. The number of aromatic nitrogens is 3. The Kier molecular flexibility index (Phi) is 4.10. The highest BCUT2D eigenvalue weighted by Crippen LogP contribution is 2.34. The molecule has 3 aromatic rings. The number of imidazole rings is 1. The fraction of sp³-hybridized carbons (Fsp3) is 0.444. The minimum atomic E-state index is -0.228. The van der Waals surface area contributed by atoms with E-state index in [2.05, 4.69) is 28.7 Å². The molecule has 0 spiro atoms. The Bertz CT molecular complexity index is 869. The van der Waals surface area contributed by atoms with Gasteiger partial charge < -0.3 is 4.98 Å². The van der Waals surface area contributed by atoms with Crippen LogP contribution < -0.4 is 0 Å². The number of fused-ring (bicyclic) bond motifs is 1. The van der Waals surface area contributed by atoms with Crippen LogP contribution in [0.15, 0.2) is 18.2 Å². The highest BCUT2D eigenvalue weighted by atomic mass is 32.1. The summed E-state index contributed by atoms with van der Waals surface area (Å²) < 4.78 is 13.4. The fourth-order valence-electron chi connectivity index (χ4n) is 3.58. The van der Waals surface area contributed by atoms with Crippen molar-refractivity contribution in [2.24, 2.45) is 0 Å². The van der Waals surface area contributed by atoms with Gasteiger partial charge in [0.2, 0.25) is 0 Å². The van der Waals surface area contributed by atoms with E-state index < -0.39 is 0 Å². The second-order valence-electron chi connectivity index (χ2n) is 6.37. The molecule has 1 saturated heterocycles. The molecule has 1 aliphatic rings. The van der Waals surface area contributed by atoms with Crippen molar-refractivity contribution in [1.82, 2.24) is 19.9 Å². The van der Waals surface area contributed by atoms with Gasteiger partial charge in [-0.05, 0) is 50.9 Å². The molecule has 0 saturated carbocycles. The minimum absolute atomic E-state index is 0.228. The normalized spacial score (nSPS) is 18.7. The number of benzene rings is 1. The summed E-state index contributed by atoms with van der Waals surface area (Å²) in [4.78, 5) is 16.5. The van der Waals surface area contributed by atoms with E-state index in [-0.39, 0.29) is 11.9 Å². The monoisotopic (exact) mass is 344 g/mol. The van der Waals surface area contributed by atoms with Crippen molar-refractivity contribution in [3.05, 3.63) is 45.4 Å². The van der Waals surface area contributed by atoms with Crippen molar-refractivity contribution in [1.29, 1.82) is 0 Å². The highest BCUT2D eigenvalue weighted by Gasteiger charge is 2.29. The van der Waals surface area contributed by atoms with E-state index in [4.69, 9.17) is 4.98 Å². The molecule has 3 heterocycles. The lowest BCUT2D eigenvalue weighted by Crippen LogP contribution is -2.23. The van der Waals surface area contributed by atoms with Crippen molar-refractivity contribution in [3.63, 3.8) is 0 Å². The van der Waals surface area contributed by atoms with Gasteiger partial charge in [0.15, 0.2) is 0 Å². The van der Waals surface area contributed by atoms with E-state index in [1.807, 2.05) is 0 Å². The van der Waals surface area contributed by atoms with Crippen LogP contribution in [0.2, 0.25) is 0 Å². The number of nitrogens with zero attached hydrogens (tertiary/aromatic N) is 3. The Morgan fingerprint density at radius 1 is 1.38 bits per heavy atom. The zero-order chi connectivity index (χ0) is 16.7. The third-order valence-corrected chi connectivity index (χ3v) is 5.71. The Balaban J connectivity index is 1.61.